The Morgan fingerprint density at radius 3 is 2.45 bits per heavy atom. The molecule has 0 aromatic carbocycles. The molecule has 8 heteroatoms. The van der Waals surface area contributed by atoms with Gasteiger partial charge in [-0.1, -0.05) is 20.3 Å². The first kappa shape index (κ1) is 17.0. The molecule has 0 saturated heterocycles. The Hall–Kier alpha value is -1.08. The SMILES string of the molecule is CCCc1[nH]nc(C(=O)NC(C)(C)CC)c1S(=O)(=O)Cl. The van der Waals surface area contributed by atoms with Gasteiger partial charge in [0.2, 0.25) is 0 Å². The molecule has 0 bridgehead atoms. The van der Waals surface area contributed by atoms with Crippen molar-refractivity contribution in [2.45, 2.75) is 57.4 Å². The Balaban J connectivity index is 3.23. The van der Waals surface area contributed by atoms with E-state index in [1.54, 1.807) is 0 Å². The van der Waals surface area contributed by atoms with Crippen LogP contribution in [0.25, 0.3) is 0 Å². The highest BCUT2D eigenvalue weighted by atomic mass is 35.7. The van der Waals surface area contributed by atoms with Crippen molar-refractivity contribution >= 4 is 25.6 Å². The van der Waals surface area contributed by atoms with Gasteiger partial charge in [-0.25, -0.2) is 8.42 Å². The van der Waals surface area contributed by atoms with Gasteiger partial charge in [-0.2, -0.15) is 5.10 Å². The lowest BCUT2D eigenvalue weighted by molar-refractivity contribution is 0.0902. The highest BCUT2D eigenvalue weighted by Crippen LogP contribution is 2.24. The highest BCUT2D eigenvalue weighted by Gasteiger charge is 2.30. The van der Waals surface area contributed by atoms with E-state index < -0.39 is 20.5 Å². The third-order valence-electron chi connectivity index (χ3n) is 3.09. The molecule has 0 aliphatic heterocycles. The molecule has 1 aromatic heterocycles. The lowest BCUT2D eigenvalue weighted by atomic mass is 10.0. The molecular weight excluding hydrogens is 302 g/mol. The van der Waals surface area contributed by atoms with Gasteiger partial charge in [0.05, 0.1) is 5.69 Å². The summed E-state index contributed by atoms with van der Waals surface area (Å²) in [6.07, 6.45) is 1.87. The number of halogens is 1. The maximum Gasteiger partial charge on any atom is 0.273 e. The van der Waals surface area contributed by atoms with Gasteiger partial charge in [-0.15, -0.1) is 0 Å². The summed E-state index contributed by atoms with van der Waals surface area (Å²) in [5, 5.41) is 9.16. The maximum absolute atomic E-state index is 12.2. The zero-order valence-electron chi connectivity index (χ0n) is 12.1. The number of nitrogens with zero attached hydrogens (tertiary/aromatic N) is 1. The van der Waals surface area contributed by atoms with Crippen molar-refractivity contribution in [3.63, 3.8) is 0 Å². The normalized spacial score (nSPS) is 12.4. The molecule has 0 fully saturated rings. The first-order chi connectivity index (χ1) is 9.12. The summed E-state index contributed by atoms with van der Waals surface area (Å²) in [7, 11) is 1.39. The van der Waals surface area contributed by atoms with Crippen molar-refractivity contribution in [3.05, 3.63) is 11.4 Å². The fourth-order valence-corrected chi connectivity index (χ4v) is 2.97. The summed E-state index contributed by atoms with van der Waals surface area (Å²) >= 11 is 0. The number of carbonyl (C=O) groups is 1. The maximum atomic E-state index is 12.2. The minimum atomic E-state index is -4.03. The van der Waals surface area contributed by atoms with E-state index in [-0.39, 0.29) is 10.6 Å². The number of hydrogen-bond donors (Lipinski definition) is 2. The minimum absolute atomic E-state index is 0.176. The number of aryl methyl sites for hydroxylation is 1. The molecule has 0 radical (unpaired) electrons. The molecule has 1 aromatic rings. The summed E-state index contributed by atoms with van der Waals surface area (Å²) in [4.78, 5) is 12.0. The lowest BCUT2D eigenvalue weighted by Crippen LogP contribution is -2.43. The summed E-state index contributed by atoms with van der Waals surface area (Å²) in [5.41, 5.74) is -0.263. The molecule has 1 heterocycles. The molecule has 0 spiro atoms. The lowest BCUT2D eigenvalue weighted by Gasteiger charge is -2.23. The number of hydrogen-bond acceptors (Lipinski definition) is 4. The van der Waals surface area contributed by atoms with Crippen molar-refractivity contribution in [3.8, 4) is 0 Å². The number of H-pyrrole nitrogens is 1. The van der Waals surface area contributed by atoms with Crippen LogP contribution in [0.4, 0.5) is 0 Å². The van der Waals surface area contributed by atoms with E-state index in [0.29, 0.717) is 25.0 Å². The molecule has 0 unspecified atom stereocenters. The number of nitrogens with one attached hydrogen (secondary N) is 2. The molecule has 0 saturated carbocycles. The van der Waals surface area contributed by atoms with Crippen molar-refractivity contribution in [2.24, 2.45) is 0 Å². The molecule has 1 amide bonds. The summed E-state index contributed by atoms with van der Waals surface area (Å²) in [6, 6.07) is 0. The standard InChI is InChI=1S/C12H20ClN3O3S/c1-5-7-8-10(20(13,18)19)9(16-15-8)11(17)14-12(3,4)6-2/h5-7H2,1-4H3,(H,14,17)(H,15,16). The highest BCUT2D eigenvalue weighted by molar-refractivity contribution is 8.13. The van der Waals surface area contributed by atoms with Gasteiger partial charge in [0, 0.05) is 16.2 Å². The monoisotopic (exact) mass is 321 g/mol. The largest absolute Gasteiger partial charge is 0.346 e. The van der Waals surface area contributed by atoms with E-state index in [0.717, 1.165) is 0 Å². The second kappa shape index (κ2) is 6.13. The van der Waals surface area contributed by atoms with Crippen LogP contribution in [0.2, 0.25) is 0 Å². The molecule has 0 aliphatic rings. The van der Waals surface area contributed by atoms with E-state index in [1.165, 1.54) is 0 Å². The Labute approximate surface area is 123 Å². The zero-order valence-corrected chi connectivity index (χ0v) is 13.7. The van der Waals surface area contributed by atoms with Gasteiger partial charge in [-0.05, 0) is 26.7 Å². The third kappa shape index (κ3) is 3.96. The molecule has 20 heavy (non-hydrogen) atoms. The first-order valence-corrected chi connectivity index (χ1v) is 8.77. The zero-order chi connectivity index (χ0) is 15.6. The van der Waals surface area contributed by atoms with E-state index in [9.17, 15) is 13.2 Å². The molecule has 114 valence electrons. The van der Waals surface area contributed by atoms with Crippen LogP contribution in [-0.4, -0.2) is 30.1 Å². The Morgan fingerprint density at radius 1 is 1.40 bits per heavy atom. The van der Waals surface area contributed by atoms with Crippen LogP contribution >= 0.6 is 10.7 Å². The Kier molecular flexibility index (Phi) is 5.21. The van der Waals surface area contributed by atoms with Crippen LogP contribution in [0.5, 0.6) is 0 Å². The van der Waals surface area contributed by atoms with Crippen molar-refractivity contribution in [2.75, 3.05) is 0 Å². The number of carbonyl (C=O) groups excluding carboxylic acids is 1. The van der Waals surface area contributed by atoms with Crippen LogP contribution in [0.15, 0.2) is 4.90 Å². The van der Waals surface area contributed by atoms with Crippen molar-refractivity contribution in [1.82, 2.24) is 15.5 Å². The van der Waals surface area contributed by atoms with Crippen LogP contribution in [0.1, 0.15) is 56.7 Å². The predicted molar refractivity (Wildman–Crippen MR) is 77.5 cm³/mol. The van der Waals surface area contributed by atoms with E-state index in [2.05, 4.69) is 15.5 Å². The Morgan fingerprint density at radius 2 is 2.00 bits per heavy atom. The predicted octanol–water partition coefficient (Wildman–Crippen LogP) is 2.21. The van der Waals surface area contributed by atoms with Gasteiger partial charge in [0.1, 0.15) is 4.90 Å². The van der Waals surface area contributed by atoms with Gasteiger partial charge >= 0.3 is 0 Å². The molecule has 2 N–H and O–H groups in total. The average molecular weight is 322 g/mol. The third-order valence-corrected chi connectivity index (χ3v) is 4.48. The summed E-state index contributed by atoms with van der Waals surface area (Å²) in [5.74, 6) is -0.547. The van der Waals surface area contributed by atoms with Crippen LogP contribution in [-0.2, 0) is 15.5 Å². The summed E-state index contributed by atoms with van der Waals surface area (Å²) < 4.78 is 23.4. The second-order valence-corrected chi connectivity index (χ2v) is 7.76. The summed E-state index contributed by atoms with van der Waals surface area (Å²) in [6.45, 7) is 7.51. The van der Waals surface area contributed by atoms with E-state index >= 15 is 0 Å². The van der Waals surface area contributed by atoms with Crippen LogP contribution < -0.4 is 5.32 Å². The fourth-order valence-electron chi connectivity index (χ4n) is 1.66. The van der Waals surface area contributed by atoms with Crippen LogP contribution in [0.3, 0.4) is 0 Å². The van der Waals surface area contributed by atoms with Gasteiger partial charge in [0.15, 0.2) is 5.69 Å². The first-order valence-electron chi connectivity index (χ1n) is 6.46. The van der Waals surface area contributed by atoms with Gasteiger partial charge in [-0.3, -0.25) is 9.89 Å². The fraction of sp³-hybridized carbons (Fsp3) is 0.667. The van der Waals surface area contributed by atoms with E-state index in [4.69, 9.17) is 10.7 Å². The topological polar surface area (TPSA) is 91.9 Å². The molecule has 6 nitrogen and oxygen atoms in total. The number of rotatable bonds is 6. The molecular formula is C12H20ClN3O3S. The Bertz CT molecular complexity index is 593. The second-order valence-electron chi connectivity index (χ2n) is 5.26. The van der Waals surface area contributed by atoms with Crippen molar-refractivity contribution in [1.29, 1.82) is 0 Å². The van der Waals surface area contributed by atoms with E-state index in [1.807, 2.05) is 27.7 Å². The minimum Gasteiger partial charge on any atom is -0.346 e. The molecule has 0 atom stereocenters. The smallest absolute Gasteiger partial charge is 0.273 e. The average Bonchev–Trinajstić information content (AvgIpc) is 2.72. The molecule has 0 aliphatic carbocycles. The molecule has 1 rings (SSSR count). The quantitative estimate of drug-likeness (QED) is 0.786. The number of aromatic amines is 1. The van der Waals surface area contributed by atoms with Crippen molar-refractivity contribution < 1.29 is 13.2 Å². The van der Waals surface area contributed by atoms with Crippen LogP contribution in [0, 0.1) is 0 Å². The van der Waals surface area contributed by atoms with Gasteiger partial charge in [0.25, 0.3) is 15.0 Å². The number of aromatic nitrogens is 2. The van der Waals surface area contributed by atoms with Gasteiger partial charge < -0.3 is 5.32 Å². The number of amides is 1.